The summed E-state index contributed by atoms with van der Waals surface area (Å²) in [5, 5.41) is 3.32. The summed E-state index contributed by atoms with van der Waals surface area (Å²) in [7, 11) is 0. The lowest BCUT2D eigenvalue weighted by Gasteiger charge is -2.16. The molecule has 20 heavy (non-hydrogen) atoms. The van der Waals surface area contributed by atoms with Crippen LogP contribution in [0, 0.1) is 5.92 Å². The Morgan fingerprint density at radius 1 is 1.05 bits per heavy atom. The second-order valence-electron chi connectivity index (χ2n) is 5.44. The molecule has 0 saturated carbocycles. The monoisotopic (exact) mass is 289 g/mol. The third-order valence-electron chi connectivity index (χ3n) is 2.85. The van der Waals surface area contributed by atoms with E-state index < -0.39 is 12.8 Å². The van der Waals surface area contributed by atoms with Gasteiger partial charge in [-0.2, -0.15) is 13.2 Å². The Balaban J connectivity index is 2.42. The molecule has 1 rings (SSSR count). The number of halogens is 3. The molecule has 0 aliphatic carbocycles. The molecule has 1 N–H and O–H groups in total. The van der Waals surface area contributed by atoms with Crippen molar-refractivity contribution in [2.24, 2.45) is 5.92 Å². The van der Waals surface area contributed by atoms with Crippen LogP contribution in [-0.2, 0) is 0 Å². The molecule has 0 aliphatic rings. The quantitative estimate of drug-likeness (QED) is 0.773. The first kappa shape index (κ1) is 16.7. The molecule has 5 heteroatoms. The molecule has 2 nitrogen and oxygen atoms in total. The van der Waals surface area contributed by atoms with Crippen molar-refractivity contribution in [3.63, 3.8) is 0 Å². The Labute approximate surface area is 118 Å². The number of rotatable bonds is 7. The molecule has 0 heterocycles. The largest absolute Gasteiger partial charge is 0.484 e. The lowest BCUT2D eigenvalue weighted by Crippen LogP contribution is -2.19. The summed E-state index contributed by atoms with van der Waals surface area (Å²) in [5.74, 6) is 0.889. The molecule has 1 aromatic rings. The maximum atomic E-state index is 12.0. The standard InChI is InChI=1S/C15H22F3NO/c1-11(2)4-5-12(3)19-13-6-8-14(9-7-13)20-10-15(16,17)18/h6-9,11-12,19H,4-5,10H2,1-3H3. The molecule has 0 radical (unpaired) electrons. The average Bonchev–Trinajstić information content (AvgIpc) is 2.34. The van der Waals surface area contributed by atoms with Crippen LogP contribution in [0.3, 0.4) is 0 Å². The molecular formula is C15H22F3NO. The number of benzene rings is 1. The number of alkyl halides is 3. The average molecular weight is 289 g/mol. The van der Waals surface area contributed by atoms with Gasteiger partial charge in [0.25, 0.3) is 0 Å². The second-order valence-corrected chi connectivity index (χ2v) is 5.44. The fourth-order valence-electron chi connectivity index (χ4n) is 1.75. The second kappa shape index (κ2) is 7.41. The number of hydrogen-bond acceptors (Lipinski definition) is 2. The Bertz CT molecular complexity index is 387. The van der Waals surface area contributed by atoms with Gasteiger partial charge in [0.2, 0.25) is 0 Å². The third kappa shape index (κ3) is 7.26. The van der Waals surface area contributed by atoms with Crippen LogP contribution in [0.25, 0.3) is 0 Å². The summed E-state index contributed by atoms with van der Waals surface area (Å²) in [6.07, 6.45) is -2.10. The smallest absolute Gasteiger partial charge is 0.422 e. The molecule has 1 atom stereocenters. The zero-order valence-electron chi connectivity index (χ0n) is 12.1. The molecule has 114 valence electrons. The van der Waals surface area contributed by atoms with E-state index in [1.807, 2.05) is 0 Å². The van der Waals surface area contributed by atoms with Crippen LogP contribution in [0.2, 0.25) is 0 Å². The summed E-state index contributed by atoms with van der Waals surface area (Å²) in [6.45, 7) is 5.19. The normalized spacial score (nSPS) is 13.3. The highest BCUT2D eigenvalue weighted by Gasteiger charge is 2.28. The van der Waals surface area contributed by atoms with E-state index >= 15 is 0 Å². The van der Waals surface area contributed by atoms with E-state index in [2.05, 4.69) is 30.8 Å². The Morgan fingerprint density at radius 2 is 1.65 bits per heavy atom. The molecule has 1 aromatic carbocycles. The first-order valence-electron chi connectivity index (χ1n) is 6.82. The lowest BCUT2D eigenvalue weighted by atomic mass is 10.0. The molecule has 1 unspecified atom stereocenters. The fourth-order valence-corrected chi connectivity index (χ4v) is 1.75. The molecule has 0 amide bonds. The van der Waals surface area contributed by atoms with Crippen LogP contribution in [-0.4, -0.2) is 18.8 Å². The van der Waals surface area contributed by atoms with Crippen LogP contribution in [0.4, 0.5) is 18.9 Å². The maximum Gasteiger partial charge on any atom is 0.422 e. The Morgan fingerprint density at radius 3 is 2.15 bits per heavy atom. The molecule has 0 bridgehead atoms. The van der Waals surface area contributed by atoms with Gasteiger partial charge < -0.3 is 10.1 Å². The van der Waals surface area contributed by atoms with E-state index in [0.717, 1.165) is 18.5 Å². The zero-order valence-corrected chi connectivity index (χ0v) is 12.1. The highest BCUT2D eigenvalue weighted by molar-refractivity contribution is 5.46. The van der Waals surface area contributed by atoms with Gasteiger partial charge in [-0.1, -0.05) is 13.8 Å². The molecular weight excluding hydrogens is 267 g/mol. The minimum absolute atomic E-state index is 0.225. The highest BCUT2D eigenvalue weighted by atomic mass is 19.4. The number of anilines is 1. The first-order valence-corrected chi connectivity index (χ1v) is 6.82. The van der Waals surface area contributed by atoms with Crippen LogP contribution >= 0.6 is 0 Å². The predicted octanol–water partition coefficient (Wildman–Crippen LogP) is 4.86. The fraction of sp³-hybridized carbons (Fsp3) is 0.600. The van der Waals surface area contributed by atoms with Crippen molar-refractivity contribution < 1.29 is 17.9 Å². The number of ether oxygens (including phenoxy) is 1. The SMILES string of the molecule is CC(C)CCC(C)Nc1ccc(OCC(F)(F)F)cc1. The van der Waals surface area contributed by atoms with Gasteiger partial charge >= 0.3 is 6.18 Å². The van der Waals surface area contributed by atoms with Gasteiger partial charge in [-0.15, -0.1) is 0 Å². The minimum atomic E-state index is -4.30. The van der Waals surface area contributed by atoms with Crippen molar-refractivity contribution in [1.82, 2.24) is 0 Å². The van der Waals surface area contributed by atoms with Crippen LogP contribution in [0.15, 0.2) is 24.3 Å². The van der Waals surface area contributed by atoms with Crippen molar-refractivity contribution in [2.75, 3.05) is 11.9 Å². The Hall–Kier alpha value is -1.39. The van der Waals surface area contributed by atoms with Crippen molar-refractivity contribution in [2.45, 2.75) is 45.8 Å². The first-order chi connectivity index (χ1) is 9.26. The van der Waals surface area contributed by atoms with Crippen LogP contribution < -0.4 is 10.1 Å². The van der Waals surface area contributed by atoms with Gasteiger partial charge in [0, 0.05) is 11.7 Å². The zero-order chi connectivity index (χ0) is 15.2. The van der Waals surface area contributed by atoms with Crippen molar-refractivity contribution >= 4 is 5.69 Å². The predicted molar refractivity (Wildman–Crippen MR) is 75.1 cm³/mol. The van der Waals surface area contributed by atoms with E-state index in [-0.39, 0.29) is 5.75 Å². The Kier molecular flexibility index (Phi) is 6.17. The van der Waals surface area contributed by atoms with Gasteiger partial charge in [0.1, 0.15) is 5.75 Å². The molecule has 0 aliphatic heterocycles. The molecule has 0 saturated heterocycles. The molecule has 0 fully saturated rings. The van der Waals surface area contributed by atoms with E-state index in [4.69, 9.17) is 0 Å². The van der Waals surface area contributed by atoms with E-state index in [1.165, 1.54) is 0 Å². The van der Waals surface area contributed by atoms with Gasteiger partial charge in [-0.3, -0.25) is 0 Å². The van der Waals surface area contributed by atoms with Crippen LogP contribution in [0.1, 0.15) is 33.6 Å². The lowest BCUT2D eigenvalue weighted by molar-refractivity contribution is -0.153. The van der Waals surface area contributed by atoms with Gasteiger partial charge in [-0.05, 0) is 49.9 Å². The summed E-state index contributed by atoms with van der Waals surface area (Å²) in [5.41, 5.74) is 0.889. The van der Waals surface area contributed by atoms with E-state index in [1.54, 1.807) is 24.3 Å². The van der Waals surface area contributed by atoms with Gasteiger partial charge in [0.15, 0.2) is 6.61 Å². The maximum absolute atomic E-state index is 12.0. The van der Waals surface area contributed by atoms with E-state index in [0.29, 0.717) is 12.0 Å². The summed E-state index contributed by atoms with van der Waals surface area (Å²) < 4.78 is 40.7. The molecule has 0 aromatic heterocycles. The van der Waals surface area contributed by atoms with Crippen molar-refractivity contribution in [3.8, 4) is 5.75 Å². The van der Waals surface area contributed by atoms with E-state index in [9.17, 15) is 13.2 Å². The number of nitrogens with one attached hydrogen (secondary N) is 1. The number of hydrogen-bond donors (Lipinski definition) is 1. The van der Waals surface area contributed by atoms with Crippen molar-refractivity contribution in [3.05, 3.63) is 24.3 Å². The minimum Gasteiger partial charge on any atom is -0.484 e. The summed E-state index contributed by atoms with van der Waals surface area (Å²) in [4.78, 5) is 0. The summed E-state index contributed by atoms with van der Waals surface area (Å²) in [6, 6.07) is 6.89. The summed E-state index contributed by atoms with van der Waals surface area (Å²) >= 11 is 0. The van der Waals surface area contributed by atoms with Crippen molar-refractivity contribution in [1.29, 1.82) is 0 Å². The highest BCUT2D eigenvalue weighted by Crippen LogP contribution is 2.21. The van der Waals surface area contributed by atoms with Crippen LogP contribution in [0.5, 0.6) is 5.75 Å². The third-order valence-corrected chi connectivity index (χ3v) is 2.85. The van der Waals surface area contributed by atoms with Gasteiger partial charge in [0.05, 0.1) is 0 Å². The molecule has 0 spiro atoms. The topological polar surface area (TPSA) is 21.3 Å². The van der Waals surface area contributed by atoms with Gasteiger partial charge in [-0.25, -0.2) is 0 Å².